The number of carbonyl (C=O) groups is 1. The SMILES string of the molecule is CCNS(=O)(=O)c1cccc(C(=O)[O-])c1. The molecule has 0 saturated carbocycles. The Kier molecular flexibility index (Phi) is 3.43. The van der Waals surface area contributed by atoms with Crippen LogP contribution in [0.3, 0.4) is 0 Å². The summed E-state index contributed by atoms with van der Waals surface area (Å²) < 4.78 is 25.2. The lowest BCUT2D eigenvalue weighted by Crippen LogP contribution is -2.25. The van der Waals surface area contributed by atoms with E-state index in [-0.39, 0.29) is 17.0 Å². The average molecular weight is 228 g/mol. The maximum atomic E-state index is 11.5. The summed E-state index contributed by atoms with van der Waals surface area (Å²) in [5.74, 6) is -1.40. The fourth-order valence-corrected chi connectivity index (χ4v) is 2.15. The standard InChI is InChI=1S/C9H11NO4S/c1-2-10-15(13,14)8-5-3-4-7(6-8)9(11)12/h3-6,10H,2H2,1H3,(H,11,12)/p-1. The predicted molar refractivity (Wildman–Crippen MR) is 51.6 cm³/mol. The van der Waals surface area contributed by atoms with Gasteiger partial charge in [0.1, 0.15) is 0 Å². The van der Waals surface area contributed by atoms with E-state index in [2.05, 4.69) is 4.72 Å². The first-order chi connectivity index (χ1) is 6.97. The van der Waals surface area contributed by atoms with Crippen molar-refractivity contribution in [3.63, 3.8) is 0 Å². The lowest BCUT2D eigenvalue weighted by molar-refractivity contribution is -0.255. The highest BCUT2D eigenvalue weighted by Crippen LogP contribution is 2.10. The molecule has 0 aliphatic rings. The first-order valence-electron chi connectivity index (χ1n) is 4.28. The Morgan fingerprint density at radius 2 is 2.13 bits per heavy atom. The number of nitrogens with one attached hydrogen (secondary N) is 1. The van der Waals surface area contributed by atoms with Gasteiger partial charge in [-0.3, -0.25) is 0 Å². The van der Waals surface area contributed by atoms with Crippen molar-refractivity contribution < 1.29 is 18.3 Å². The number of aromatic carboxylic acids is 1. The molecule has 0 unspecified atom stereocenters. The molecule has 0 bridgehead atoms. The summed E-state index contributed by atoms with van der Waals surface area (Å²) >= 11 is 0. The van der Waals surface area contributed by atoms with Crippen molar-refractivity contribution in [3.05, 3.63) is 29.8 Å². The summed E-state index contributed by atoms with van der Waals surface area (Å²) in [4.78, 5) is 10.4. The van der Waals surface area contributed by atoms with Crippen LogP contribution in [0.1, 0.15) is 17.3 Å². The fraction of sp³-hybridized carbons (Fsp3) is 0.222. The van der Waals surface area contributed by atoms with E-state index in [1.165, 1.54) is 18.2 Å². The van der Waals surface area contributed by atoms with Crippen LogP contribution in [0.15, 0.2) is 29.2 Å². The number of sulfonamides is 1. The van der Waals surface area contributed by atoms with Crippen LogP contribution in [0.4, 0.5) is 0 Å². The molecule has 15 heavy (non-hydrogen) atoms. The third kappa shape index (κ3) is 2.77. The first kappa shape index (κ1) is 11.7. The zero-order chi connectivity index (χ0) is 11.5. The van der Waals surface area contributed by atoms with E-state index < -0.39 is 16.0 Å². The number of benzene rings is 1. The minimum absolute atomic E-state index is 0.0777. The van der Waals surface area contributed by atoms with Gasteiger partial charge in [-0.2, -0.15) is 0 Å². The van der Waals surface area contributed by atoms with Crippen molar-refractivity contribution in [1.82, 2.24) is 4.72 Å². The quantitative estimate of drug-likeness (QED) is 0.741. The van der Waals surface area contributed by atoms with Crippen LogP contribution < -0.4 is 9.83 Å². The van der Waals surface area contributed by atoms with Crippen LogP contribution in [0.5, 0.6) is 0 Å². The number of hydrogen-bond donors (Lipinski definition) is 1. The van der Waals surface area contributed by atoms with Gasteiger partial charge in [0, 0.05) is 6.54 Å². The van der Waals surface area contributed by atoms with Gasteiger partial charge < -0.3 is 9.90 Å². The topological polar surface area (TPSA) is 86.3 Å². The number of hydrogen-bond acceptors (Lipinski definition) is 4. The second kappa shape index (κ2) is 4.41. The van der Waals surface area contributed by atoms with Gasteiger partial charge in [0.25, 0.3) is 0 Å². The average Bonchev–Trinajstić information content (AvgIpc) is 2.18. The largest absolute Gasteiger partial charge is 0.545 e. The minimum atomic E-state index is -3.61. The van der Waals surface area contributed by atoms with Crippen molar-refractivity contribution in [2.75, 3.05) is 6.54 Å². The molecular weight excluding hydrogens is 218 g/mol. The highest BCUT2D eigenvalue weighted by Gasteiger charge is 2.12. The molecule has 0 amide bonds. The number of carbonyl (C=O) groups excluding carboxylic acids is 1. The Morgan fingerprint density at radius 1 is 1.47 bits per heavy atom. The van der Waals surface area contributed by atoms with Gasteiger partial charge >= 0.3 is 0 Å². The molecule has 0 spiro atoms. The highest BCUT2D eigenvalue weighted by molar-refractivity contribution is 7.89. The van der Waals surface area contributed by atoms with Crippen molar-refractivity contribution in [2.24, 2.45) is 0 Å². The molecule has 1 aromatic carbocycles. The molecule has 0 radical (unpaired) electrons. The highest BCUT2D eigenvalue weighted by atomic mass is 32.2. The van der Waals surface area contributed by atoms with Crippen molar-refractivity contribution in [1.29, 1.82) is 0 Å². The van der Waals surface area contributed by atoms with Crippen LogP contribution >= 0.6 is 0 Å². The van der Waals surface area contributed by atoms with Gasteiger partial charge in [0.05, 0.1) is 10.9 Å². The van der Waals surface area contributed by atoms with E-state index in [0.717, 1.165) is 6.07 Å². The van der Waals surface area contributed by atoms with Crippen LogP contribution in [-0.4, -0.2) is 20.9 Å². The Morgan fingerprint density at radius 3 is 2.67 bits per heavy atom. The molecule has 0 aliphatic carbocycles. The fourth-order valence-electron chi connectivity index (χ4n) is 1.06. The third-order valence-electron chi connectivity index (χ3n) is 1.71. The monoisotopic (exact) mass is 228 g/mol. The number of rotatable bonds is 4. The van der Waals surface area contributed by atoms with Gasteiger partial charge in [-0.25, -0.2) is 13.1 Å². The summed E-state index contributed by atoms with van der Waals surface area (Å²) in [5, 5.41) is 10.5. The van der Waals surface area contributed by atoms with Crippen LogP contribution in [0.2, 0.25) is 0 Å². The van der Waals surface area contributed by atoms with Crippen LogP contribution in [-0.2, 0) is 10.0 Å². The molecule has 0 heterocycles. The maximum Gasteiger partial charge on any atom is 0.240 e. The molecular formula is C9H10NO4S-. The predicted octanol–water partition coefficient (Wildman–Crippen LogP) is -0.652. The molecule has 82 valence electrons. The lowest BCUT2D eigenvalue weighted by Gasteiger charge is -2.07. The molecule has 0 aliphatic heterocycles. The van der Waals surface area contributed by atoms with Crippen LogP contribution in [0.25, 0.3) is 0 Å². The summed E-state index contributed by atoms with van der Waals surface area (Å²) in [6, 6.07) is 5.02. The Bertz CT molecular complexity index is 467. The van der Waals surface area contributed by atoms with Crippen LogP contribution in [0, 0.1) is 0 Å². The van der Waals surface area contributed by atoms with Crippen molar-refractivity contribution in [3.8, 4) is 0 Å². The third-order valence-corrected chi connectivity index (χ3v) is 3.26. The summed E-state index contributed by atoms with van der Waals surface area (Å²) in [5.41, 5.74) is -0.158. The minimum Gasteiger partial charge on any atom is -0.545 e. The lowest BCUT2D eigenvalue weighted by atomic mass is 10.2. The normalized spacial score (nSPS) is 11.3. The number of carboxylic acids is 1. The molecule has 0 atom stereocenters. The van der Waals surface area contributed by atoms with E-state index in [0.29, 0.717) is 0 Å². The second-order valence-corrected chi connectivity index (χ2v) is 4.58. The Hall–Kier alpha value is -1.40. The van der Waals surface area contributed by atoms with Gasteiger partial charge in [-0.15, -0.1) is 0 Å². The molecule has 1 aromatic rings. The van der Waals surface area contributed by atoms with Crippen molar-refractivity contribution in [2.45, 2.75) is 11.8 Å². The smallest absolute Gasteiger partial charge is 0.240 e. The number of carboxylic acid groups (broad SMARTS) is 1. The van der Waals surface area contributed by atoms with Gasteiger partial charge in [-0.1, -0.05) is 19.1 Å². The van der Waals surface area contributed by atoms with Gasteiger partial charge in [-0.05, 0) is 17.7 Å². The van der Waals surface area contributed by atoms with E-state index in [9.17, 15) is 18.3 Å². The maximum absolute atomic E-state index is 11.5. The molecule has 5 nitrogen and oxygen atoms in total. The first-order valence-corrected chi connectivity index (χ1v) is 5.77. The molecule has 6 heteroatoms. The summed E-state index contributed by atoms with van der Waals surface area (Å²) in [7, 11) is -3.61. The Balaban J connectivity index is 3.16. The molecule has 1 N–H and O–H groups in total. The Labute approximate surface area is 87.8 Å². The zero-order valence-corrected chi connectivity index (χ0v) is 8.87. The van der Waals surface area contributed by atoms with E-state index in [1.807, 2.05) is 0 Å². The summed E-state index contributed by atoms with van der Waals surface area (Å²) in [6.07, 6.45) is 0. The van der Waals surface area contributed by atoms with E-state index in [4.69, 9.17) is 0 Å². The van der Waals surface area contributed by atoms with Gasteiger partial charge in [0.15, 0.2) is 0 Å². The zero-order valence-electron chi connectivity index (χ0n) is 8.06. The van der Waals surface area contributed by atoms with Crippen molar-refractivity contribution >= 4 is 16.0 Å². The molecule has 0 fully saturated rings. The summed E-state index contributed by atoms with van der Waals surface area (Å²) in [6.45, 7) is 1.89. The molecule has 0 aromatic heterocycles. The van der Waals surface area contributed by atoms with E-state index in [1.54, 1.807) is 6.92 Å². The second-order valence-electron chi connectivity index (χ2n) is 2.82. The van der Waals surface area contributed by atoms with E-state index >= 15 is 0 Å². The molecule has 0 saturated heterocycles. The molecule has 1 rings (SSSR count). The van der Waals surface area contributed by atoms with Gasteiger partial charge in [0.2, 0.25) is 10.0 Å².